The number of nitrogens with one attached hydrogen (secondary N) is 2. The van der Waals surface area contributed by atoms with Gasteiger partial charge in [0.1, 0.15) is 5.54 Å². The second-order valence-corrected chi connectivity index (χ2v) is 5.91. The third kappa shape index (κ3) is 2.17. The molecule has 17 heavy (non-hydrogen) atoms. The Kier molecular flexibility index (Phi) is 2.60. The molecular weight excluding hydrogens is 214 g/mol. The smallest absolute Gasteiger partial charge is 0.252 e. The van der Waals surface area contributed by atoms with Gasteiger partial charge in [-0.05, 0) is 38.0 Å². The summed E-state index contributed by atoms with van der Waals surface area (Å²) in [6.45, 7) is 2.28. The van der Waals surface area contributed by atoms with Crippen LogP contribution < -0.4 is 10.6 Å². The Morgan fingerprint density at radius 1 is 1.24 bits per heavy atom. The first-order valence-corrected chi connectivity index (χ1v) is 6.85. The number of nitrogens with zero attached hydrogens (tertiary/aromatic N) is 1. The number of carbonyl (C=O) groups excluding carboxylic acids is 1. The quantitative estimate of drug-likeness (QED) is 0.724. The molecule has 0 aromatic rings. The number of carbonyl (C=O) groups is 1. The molecule has 0 aromatic carbocycles. The summed E-state index contributed by atoms with van der Waals surface area (Å²) in [4.78, 5) is 16.7. The van der Waals surface area contributed by atoms with Crippen LogP contribution in [0.5, 0.6) is 0 Å². The number of rotatable bonds is 1. The van der Waals surface area contributed by atoms with E-state index in [1.54, 1.807) is 0 Å². The van der Waals surface area contributed by atoms with Gasteiger partial charge in [-0.25, -0.2) is 4.99 Å². The maximum Gasteiger partial charge on any atom is 0.252 e. The topological polar surface area (TPSA) is 53.5 Å². The zero-order chi connectivity index (χ0) is 11.9. The van der Waals surface area contributed by atoms with E-state index >= 15 is 0 Å². The normalized spacial score (nSPS) is 40.2. The summed E-state index contributed by atoms with van der Waals surface area (Å²) in [7, 11) is 0. The van der Waals surface area contributed by atoms with Gasteiger partial charge in [-0.2, -0.15) is 0 Å². The molecule has 0 aromatic heterocycles. The summed E-state index contributed by atoms with van der Waals surface area (Å²) < 4.78 is 0. The van der Waals surface area contributed by atoms with Crippen molar-refractivity contribution >= 4 is 11.9 Å². The summed E-state index contributed by atoms with van der Waals surface area (Å²) in [6, 6.07) is 0.456. The van der Waals surface area contributed by atoms with Crippen molar-refractivity contribution in [2.45, 2.75) is 63.5 Å². The molecule has 0 bridgehead atoms. The first kappa shape index (κ1) is 11.1. The Morgan fingerprint density at radius 3 is 2.82 bits per heavy atom. The van der Waals surface area contributed by atoms with Crippen LogP contribution in [-0.4, -0.2) is 23.4 Å². The summed E-state index contributed by atoms with van der Waals surface area (Å²) in [5.74, 6) is 1.62. The van der Waals surface area contributed by atoms with Crippen molar-refractivity contribution in [2.24, 2.45) is 10.9 Å². The minimum atomic E-state index is -0.349. The fourth-order valence-corrected chi connectivity index (χ4v) is 2.86. The average Bonchev–Trinajstić information content (AvgIpc) is 3.04. The van der Waals surface area contributed by atoms with Gasteiger partial charge in [0.15, 0.2) is 5.96 Å². The van der Waals surface area contributed by atoms with Crippen LogP contribution in [0.25, 0.3) is 0 Å². The van der Waals surface area contributed by atoms with Gasteiger partial charge < -0.3 is 5.32 Å². The Labute approximate surface area is 102 Å². The molecule has 4 heteroatoms. The van der Waals surface area contributed by atoms with Crippen LogP contribution >= 0.6 is 0 Å². The van der Waals surface area contributed by atoms with Crippen molar-refractivity contribution in [3.63, 3.8) is 0 Å². The van der Waals surface area contributed by atoms with Gasteiger partial charge in [0.25, 0.3) is 5.91 Å². The van der Waals surface area contributed by atoms with E-state index < -0.39 is 0 Å². The number of hydrogen-bond donors (Lipinski definition) is 2. The first-order chi connectivity index (χ1) is 8.18. The summed E-state index contributed by atoms with van der Waals surface area (Å²) in [5.41, 5.74) is -0.349. The fourth-order valence-electron chi connectivity index (χ4n) is 2.86. The molecule has 3 rings (SSSR count). The molecule has 0 radical (unpaired) electrons. The Balaban J connectivity index is 1.75. The van der Waals surface area contributed by atoms with E-state index in [9.17, 15) is 4.79 Å². The molecule has 3 aliphatic rings. The zero-order valence-electron chi connectivity index (χ0n) is 10.5. The van der Waals surface area contributed by atoms with E-state index in [0.29, 0.717) is 6.04 Å². The highest BCUT2D eigenvalue weighted by Crippen LogP contribution is 2.33. The monoisotopic (exact) mass is 235 g/mol. The minimum Gasteiger partial charge on any atom is -0.342 e. The van der Waals surface area contributed by atoms with Gasteiger partial charge in [0.05, 0.1) is 6.04 Å². The van der Waals surface area contributed by atoms with Crippen LogP contribution in [0.4, 0.5) is 0 Å². The lowest BCUT2D eigenvalue weighted by Gasteiger charge is -2.24. The van der Waals surface area contributed by atoms with E-state index in [1.807, 2.05) is 0 Å². The molecule has 2 unspecified atom stereocenters. The van der Waals surface area contributed by atoms with Gasteiger partial charge in [0.2, 0.25) is 0 Å². The molecule has 1 heterocycles. The Bertz CT molecular complexity index is 362. The number of amides is 1. The standard InChI is InChI=1S/C13H21N3O/c1-9-3-2-7-13(8-6-9)11(17)15-12(16-13)14-10-4-5-10/h9-10H,2-8H2,1H3,(H2,14,15,16,17). The van der Waals surface area contributed by atoms with Crippen molar-refractivity contribution < 1.29 is 4.79 Å². The van der Waals surface area contributed by atoms with E-state index in [2.05, 4.69) is 22.5 Å². The van der Waals surface area contributed by atoms with Crippen molar-refractivity contribution in [2.75, 3.05) is 0 Å². The lowest BCUT2D eigenvalue weighted by atomic mass is 9.90. The lowest BCUT2D eigenvalue weighted by Crippen LogP contribution is -2.46. The molecule has 2 N–H and O–H groups in total. The molecule has 3 fully saturated rings. The van der Waals surface area contributed by atoms with Gasteiger partial charge in [0, 0.05) is 0 Å². The van der Waals surface area contributed by atoms with Gasteiger partial charge in [-0.3, -0.25) is 10.1 Å². The van der Waals surface area contributed by atoms with Crippen LogP contribution in [0.15, 0.2) is 4.99 Å². The third-order valence-corrected chi connectivity index (χ3v) is 4.25. The molecule has 1 spiro atoms. The number of guanidine groups is 1. The fraction of sp³-hybridized carbons (Fsp3) is 0.846. The highest BCUT2D eigenvalue weighted by atomic mass is 16.2. The molecule has 2 atom stereocenters. The lowest BCUT2D eigenvalue weighted by molar-refractivity contribution is -0.124. The maximum absolute atomic E-state index is 12.2. The average molecular weight is 235 g/mol. The molecule has 1 aliphatic heterocycles. The molecule has 94 valence electrons. The van der Waals surface area contributed by atoms with E-state index in [1.165, 1.54) is 19.3 Å². The second kappa shape index (κ2) is 4.00. The Hall–Kier alpha value is -1.06. The number of aliphatic imine (C=N–C) groups is 1. The zero-order valence-corrected chi connectivity index (χ0v) is 10.5. The predicted octanol–water partition coefficient (Wildman–Crippen LogP) is 1.56. The molecule has 2 aliphatic carbocycles. The van der Waals surface area contributed by atoms with Crippen LogP contribution in [0.2, 0.25) is 0 Å². The van der Waals surface area contributed by atoms with Crippen LogP contribution in [-0.2, 0) is 4.79 Å². The van der Waals surface area contributed by atoms with Crippen molar-refractivity contribution in [1.29, 1.82) is 0 Å². The molecule has 1 amide bonds. The third-order valence-electron chi connectivity index (χ3n) is 4.25. The summed E-state index contributed by atoms with van der Waals surface area (Å²) in [6.07, 6.45) is 7.76. The van der Waals surface area contributed by atoms with Gasteiger partial charge in [-0.1, -0.05) is 19.8 Å². The van der Waals surface area contributed by atoms with Gasteiger partial charge in [-0.15, -0.1) is 0 Å². The van der Waals surface area contributed by atoms with E-state index in [-0.39, 0.29) is 11.4 Å². The number of hydrogen-bond acceptors (Lipinski definition) is 2. The van der Waals surface area contributed by atoms with E-state index in [0.717, 1.165) is 37.6 Å². The van der Waals surface area contributed by atoms with Crippen molar-refractivity contribution in [3.8, 4) is 0 Å². The highest BCUT2D eigenvalue weighted by Gasteiger charge is 2.45. The summed E-state index contributed by atoms with van der Waals surface area (Å²) >= 11 is 0. The molecule has 1 saturated heterocycles. The Morgan fingerprint density at radius 2 is 2.06 bits per heavy atom. The van der Waals surface area contributed by atoms with E-state index in [4.69, 9.17) is 0 Å². The van der Waals surface area contributed by atoms with Crippen molar-refractivity contribution in [3.05, 3.63) is 0 Å². The van der Waals surface area contributed by atoms with Crippen LogP contribution in [0.3, 0.4) is 0 Å². The second-order valence-electron chi connectivity index (χ2n) is 5.91. The minimum absolute atomic E-state index is 0.144. The largest absolute Gasteiger partial charge is 0.342 e. The highest BCUT2D eigenvalue weighted by molar-refractivity contribution is 6.09. The first-order valence-electron chi connectivity index (χ1n) is 6.85. The summed E-state index contributed by atoms with van der Waals surface area (Å²) in [5, 5.41) is 6.31. The van der Waals surface area contributed by atoms with Crippen LogP contribution in [0, 0.1) is 5.92 Å². The predicted molar refractivity (Wildman–Crippen MR) is 66.7 cm³/mol. The van der Waals surface area contributed by atoms with Crippen LogP contribution in [0.1, 0.15) is 51.9 Å². The molecular formula is C13H21N3O. The maximum atomic E-state index is 12.2. The molecule has 2 saturated carbocycles. The van der Waals surface area contributed by atoms with Crippen molar-refractivity contribution in [1.82, 2.24) is 10.6 Å². The molecule has 4 nitrogen and oxygen atoms in total. The van der Waals surface area contributed by atoms with Gasteiger partial charge >= 0.3 is 0 Å². The SMILES string of the molecule is CC1CCCC2(CC1)NC(=NC1CC1)NC2=O.